The number of nitrogens with zero attached hydrogens (tertiary/aromatic N) is 3. The quantitative estimate of drug-likeness (QED) is 0.845. The summed E-state index contributed by atoms with van der Waals surface area (Å²) < 4.78 is 13.7. The number of nitrogens with one attached hydrogen (secondary N) is 1. The highest BCUT2D eigenvalue weighted by Gasteiger charge is 2.21. The van der Waals surface area contributed by atoms with Gasteiger partial charge in [0.1, 0.15) is 0 Å². The van der Waals surface area contributed by atoms with Crippen molar-refractivity contribution in [2.24, 2.45) is 5.92 Å². The van der Waals surface area contributed by atoms with Gasteiger partial charge in [0.15, 0.2) is 11.6 Å². The summed E-state index contributed by atoms with van der Waals surface area (Å²) in [6.45, 7) is 3.75. The fourth-order valence-electron chi connectivity index (χ4n) is 2.10. The summed E-state index contributed by atoms with van der Waals surface area (Å²) >= 11 is 0. The molecule has 5 heteroatoms. The Kier molecular flexibility index (Phi) is 4.33. The molecular formula is C13H21FN4. The molecule has 0 amide bonds. The molecule has 1 N–H and O–H groups in total. The highest BCUT2D eigenvalue weighted by atomic mass is 19.1. The van der Waals surface area contributed by atoms with Crippen molar-refractivity contribution in [1.82, 2.24) is 9.97 Å². The largest absolute Gasteiger partial charge is 0.357 e. The fraction of sp³-hybridized carbons (Fsp3) is 0.692. The number of rotatable bonds is 6. The molecule has 1 saturated carbocycles. The zero-order chi connectivity index (χ0) is 13.0. The lowest BCUT2D eigenvalue weighted by molar-refractivity contribution is 0.320. The zero-order valence-corrected chi connectivity index (χ0v) is 11.1. The Morgan fingerprint density at radius 2 is 2.28 bits per heavy atom. The van der Waals surface area contributed by atoms with Crippen molar-refractivity contribution in [3.8, 4) is 0 Å². The van der Waals surface area contributed by atoms with E-state index >= 15 is 0 Å². The van der Waals surface area contributed by atoms with Gasteiger partial charge in [-0.15, -0.1) is 0 Å². The van der Waals surface area contributed by atoms with Crippen molar-refractivity contribution in [2.75, 3.05) is 30.4 Å². The van der Waals surface area contributed by atoms with Gasteiger partial charge in [-0.2, -0.15) is 4.98 Å². The molecule has 0 saturated heterocycles. The second-order valence-electron chi connectivity index (χ2n) is 4.97. The van der Waals surface area contributed by atoms with Gasteiger partial charge in [-0.05, 0) is 25.2 Å². The van der Waals surface area contributed by atoms with Crippen molar-refractivity contribution in [3.63, 3.8) is 0 Å². The molecule has 0 unspecified atom stereocenters. The molecular weight excluding hydrogens is 231 g/mol. The Bertz CT molecular complexity index is 393. The molecule has 0 spiro atoms. The number of anilines is 2. The van der Waals surface area contributed by atoms with Crippen LogP contribution in [0.2, 0.25) is 0 Å². The summed E-state index contributed by atoms with van der Waals surface area (Å²) in [5, 5.41) is 3.08. The summed E-state index contributed by atoms with van der Waals surface area (Å²) in [7, 11) is 1.90. The number of aromatic nitrogens is 2. The maximum absolute atomic E-state index is 13.7. The molecule has 0 atom stereocenters. The predicted molar refractivity (Wildman–Crippen MR) is 71.4 cm³/mol. The molecule has 0 aliphatic heterocycles. The highest BCUT2D eigenvalue weighted by molar-refractivity contribution is 5.43. The van der Waals surface area contributed by atoms with Crippen molar-refractivity contribution < 1.29 is 4.39 Å². The Labute approximate surface area is 108 Å². The van der Waals surface area contributed by atoms with Crippen molar-refractivity contribution in [3.05, 3.63) is 12.0 Å². The molecule has 0 radical (unpaired) electrons. The van der Waals surface area contributed by atoms with Crippen molar-refractivity contribution in [1.29, 1.82) is 0 Å². The number of halogens is 1. The average molecular weight is 252 g/mol. The first kappa shape index (κ1) is 13.1. The minimum absolute atomic E-state index is 0.348. The Hall–Kier alpha value is -1.39. The van der Waals surface area contributed by atoms with Crippen LogP contribution in [0.3, 0.4) is 0 Å². The molecule has 1 aromatic heterocycles. The van der Waals surface area contributed by atoms with E-state index in [9.17, 15) is 4.39 Å². The molecule has 2 rings (SSSR count). The van der Waals surface area contributed by atoms with Crippen LogP contribution in [0.4, 0.5) is 16.2 Å². The van der Waals surface area contributed by atoms with E-state index in [1.807, 2.05) is 11.9 Å². The normalized spacial score (nSPS) is 15.3. The van der Waals surface area contributed by atoms with Gasteiger partial charge in [0.25, 0.3) is 0 Å². The topological polar surface area (TPSA) is 41.1 Å². The maximum atomic E-state index is 13.7. The molecule has 1 aromatic rings. The van der Waals surface area contributed by atoms with E-state index in [2.05, 4.69) is 22.2 Å². The van der Waals surface area contributed by atoms with Crippen LogP contribution in [0.5, 0.6) is 0 Å². The third-order valence-electron chi connectivity index (χ3n) is 3.38. The minimum Gasteiger partial charge on any atom is -0.357 e. The summed E-state index contributed by atoms with van der Waals surface area (Å²) in [6, 6.07) is 0. The molecule has 1 aliphatic carbocycles. The summed E-state index contributed by atoms with van der Waals surface area (Å²) in [4.78, 5) is 10.1. The first-order chi connectivity index (χ1) is 8.70. The molecule has 4 nitrogen and oxygen atoms in total. The predicted octanol–water partition coefficient (Wildman–Crippen LogP) is 2.67. The van der Waals surface area contributed by atoms with Gasteiger partial charge in [-0.1, -0.05) is 13.3 Å². The van der Waals surface area contributed by atoms with Crippen LogP contribution in [-0.4, -0.2) is 30.1 Å². The van der Waals surface area contributed by atoms with Crippen LogP contribution in [-0.2, 0) is 0 Å². The van der Waals surface area contributed by atoms with E-state index in [1.54, 1.807) is 0 Å². The molecule has 0 bridgehead atoms. The Morgan fingerprint density at radius 1 is 1.50 bits per heavy atom. The van der Waals surface area contributed by atoms with Gasteiger partial charge < -0.3 is 10.2 Å². The van der Waals surface area contributed by atoms with Crippen LogP contribution in [0, 0.1) is 11.7 Å². The van der Waals surface area contributed by atoms with E-state index < -0.39 is 0 Å². The minimum atomic E-state index is -0.348. The van der Waals surface area contributed by atoms with E-state index in [1.165, 1.54) is 25.5 Å². The third kappa shape index (κ3) is 3.09. The smallest absolute Gasteiger partial charge is 0.224 e. The second kappa shape index (κ2) is 5.98. The first-order valence-electron chi connectivity index (χ1n) is 6.68. The molecule has 100 valence electrons. The lowest BCUT2D eigenvalue weighted by atomic mass is 9.85. The number of hydrogen-bond donors (Lipinski definition) is 1. The summed E-state index contributed by atoms with van der Waals surface area (Å²) in [5.74, 6) is 1.25. The lowest BCUT2D eigenvalue weighted by Gasteiger charge is -2.30. The van der Waals surface area contributed by atoms with Crippen LogP contribution < -0.4 is 10.2 Å². The zero-order valence-electron chi connectivity index (χ0n) is 11.1. The molecule has 1 fully saturated rings. The summed E-state index contributed by atoms with van der Waals surface area (Å²) in [5.41, 5.74) is 0. The summed E-state index contributed by atoms with van der Waals surface area (Å²) in [6.07, 6.45) is 6.04. The lowest BCUT2D eigenvalue weighted by Crippen LogP contribution is -2.30. The van der Waals surface area contributed by atoms with Crippen LogP contribution in [0.25, 0.3) is 0 Å². The van der Waals surface area contributed by atoms with Gasteiger partial charge in [0, 0.05) is 20.1 Å². The number of hydrogen-bond acceptors (Lipinski definition) is 4. The van der Waals surface area contributed by atoms with Gasteiger partial charge in [0.05, 0.1) is 6.20 Å². The third-order valence-corrected chi connectivity index (χ3v) is 3.38. The maximum Gasteiger partial charge on any atom is 0.224 e. The van der Waals surface area contributed by atoms with Crippen molar-refractivity contribution >= 4 is 11.8 Å². The van der Waals surface area contributed by atoms with Crippen LogP contribution in [0.15, 0.2) is 6.20 Å². The van der Waals surface area contributed by atoms with E-state index in [-0.39, 0.29) is 5.82 Å². The molecule has 1 heterocycles. The highest BCUT2D eigenvalue weighted by Crippen LogP contribution is 2.28. The Balaban J connectivity index is 2.04. The standard InChI is InChI=1S/C13H21FN4/c1-3-7-15-13-16-8-11(14)12(17-13)18(2)9-10-5-4-6-10/h8,10H,3-7,9H2,1-2H3,(H,15,16,17). The van der Waals surface area contributed by atoms with Gasteiger partial charge >= 0.3 is 0 Å². The van der Waals surface area contributed by atoms with Crippen LogP contribution >= 0.6 is 0 Å². The van der Waals surface area contributed by atoms with E-state index in [4.69, 9.17) is 0 Å². The fourth-order valence-corrected chi connectivity index (χ4v) is 2.10. The second-order valence-corrected chi connectivity index (χ2v) is 4.97. The van der Waals surface area contributed by atoms with Crippen LogP contribution in [0.1, 0.15) is 32.6 Å². The van der Waals surface area contributed by atoms with Crippen molar-refractivity contribution in [2.45, 2.75) is 32.6 Å². The molecule has 0 aromatic carbocycles. The SMILES string of the molecule is CCCNc1ncc(F)c(N(C)CC2CCC2)n1. The average Bonchev–Trinajstić information content (AvgIpc) is 2.32. The van der Waals surface area contributed by atoms with E-state index in [0.29, 0.717) is 17.7 Å². The molecule has 18 heavy (non-hydrogen) atoms. The van der Waals surface area contributed by atoms with Gasteiger partial charge in [-0.25, -0.2) is 9.37 Å². The van der Waals surface area contributed by atoms with Gasteiger partial charge in [0.2, 0.25) is 5.95 Å². The Morgan fingerprint density at radius 3 is 2.89 bits per heavy atom. The van der Waals surface area contributed by atoms with Gasteiger partial charge in [-0.3, -0.25) is 0 Å². The van der Waals surface area contributed by atoms with E-state index in [0.717, 1.165) is 19.5 Å². The molecule has 1 aliphatic rings. The monoisotopic (exact) mass is 252 g/mol. The first-order valence-corrected chi connectivity index (χ1v) is 6.68.